The number of nitrogens with zero attached hydrogens (tertiary/aromatic N) is 5. The van der Waals surface area contributed by atoms with Gasteiger partial charge in [-0.2, -0.15) is 5.10 Å². The second kappa shape index (κ2) is 7.84. The summed E-state index contributed by atoms with van der Waals surface area (Å²) in [5, 5.41) is 4.56. The number of piperidine rings is 1. The second-order valence-corrected chi connectivity index (χ2v) is 8.86. The van der Waals surface area contributed by atoms with E-state index in [0.717, 1.165) is 36.6 Å². The van der Waals surface area contributed by atoms with Crippen LogP contribution in [0.25, 0.3) is 0 Å². The Morgan fingerprint density at radius 1 is 1.00 bits per heavy atom. The maximum absolute atomic E-state index is 6.40. The lowest BCUT2D eigenvalue weighted by molar-refractivity contribution is 0.0459. The molecule has 28 heavy (non-hydrogen) atoms. The van der Waals surface area contributed by atoms with Crippen LogP contribution in [-0.2, 0) is 0 Å². The van der Waals surface area contributed by atoms with Crippen molar-refractivity contribution in [2.75, 3.05) is 33.2 Å². The highest BCUT2D eigenvalue weighted by Gasteiger charge is 2.45. The van der Waals surface area contributed by atoms with Crippen LogP contribution in [0.15, 0.2) is 42.9 Å². The van der Waals surface area contributed by atoms with Crippen LogP contribution in [0.3, 0.4) is 0 Å². The van der Waals surface area contributed by atoms with Gasteiger partial charge in [0.1, 0.15) is 6.10 Å². The van der Waals surface area contributed by atoms with E-state index in [1.54, 1.807) is 6.20 Å². The summed E-state index contributed by atoms with van der Waals surface area (Å²) in [6.45, 7) is 4.94. The molecule has 4 heterocycles. The first-order chi connectivity index (χ1) is 13.8. The van der Waals surface area contributed by atoms with Gasteiger partial charge in [0.15, 0.2) is 0 Å². The molecule has 0 bridgehead atoms. The van der Waals surface area contributed by atoms with Gasteiger partial charge in [-0.05, 0) is 69.8 Å². The summed E-state index contributed by atoms with van der Waals surface area (Å²) in [7, 11) is 2.24. The van der Waals surface area contributed by atoms with Gasteiger partial charge in [-0.15, -0.1) is 0 Å². The molecule has 2 saturated heterocycles. The summed E-state index contributed by atoms with van der Waals surface area (Å²) in [6, 6.07) is 8.96. The lowest BCUT2D eigenvalue weighted by atomic mass is 9.77. The molecule has 5 rings (SSSR count). The van der Waals surface area contributed by atoms with Gasteiger partial charge in [-0.25, -0.2) is 4.98 Å². The highest BCUT2D eigenvalue weighted by atomic mass is 16.5. The van der Waals surface area contributed by atoms with E-state index < -0.39 is 0 Å². The van der Waals surface area contributed by atoms with Crippen molar-refractivity contribution in [2.45, 2.75) is 43.9 Å². The number of ether oxygens (including phenoxy) is 1. The number of aromatic nitrogens is 3. The van der Waals surface area contributed by atoms with Crippen LogP contribution in [0, 0.1) is 11.8 Å². The Hall–Kier alpha value is -1.92. The minimum absolute atomic E-state index is 0.133. The summed E-state index contributed by atoms with van der Waals surface area (Å²) in [4.78, 5) is 9.65. The molecule has 150 valence electrons. The van der Waals surface area contributed by atoms with Crippen LogP contribution >= 0.6 is 0 Å². The van der Waals surface area contributed by atoms with E-state index in [9.17, 15) is 0 Å². The Kier molecular flexibility index (Phi) is 5.07. The van der Waals surface area contributed by atoms with Crippen LogP contribution in [0.4, 0.5) is 0 Å². The van der Waals surface area contributed by atoms with Crippen molar-refractivity contribution in [3.63, 3.8) is 0 Å². The molecule has 6 heteroatoms. The molecule has 6 nitrogen and oxygen atoms in total. The Labute approximate surface area is 167 Å². The Bertz CT molecular complexity index is 744. The molecule has 0 unspecified atom stereocenters. The fourth-order valence-corrected chi connectivity index (χ4v) is 5.54. The average molecular weight is 382 g/mol. The van der Waals surface area contributed by atoms with E-state index in [1.807, 2.05) is 30.5 Å². The third kappa shape index (κ3) is 3.67. The third-order valence-corrected chi connectivity index (χ3v) is 7.09. The highest BCUT2D eigenvalue weighted by molar-refractivity contribution is 5.11. The molecule has 0 aromatic carbocycles. The fraction of sp³-hybridized carbons (Fsp3) is 0.636. The summed E-state index contributed by atoms with van der Waals surface area (Å²) in [6.07, 6.45) is 10.8. The molecule has 2 aromatic heterocycles. The zero-order valence-corrected chi connectivity index (χ0v) is 16.7. The average Bonchev–Trinajstić information content (AvgIpc) is 3.38. The van der Waals surface area contributed by atoms with Crippen LogP contribution < -0.4 is 4.74 Å². The topological polar surface area (TPSA) is 46.4 Å². The Morgan fingerprint density at radius 3 is 2.54 bits per heavy atom. The minimum atomic E-state index is 0.133. The Balaban J connectivity index is 1.31. The summed E-state index contributed by atoms with van der Waals surface area (Å²) < 4.78 is 8.51. The van der Waals surface area contributed by atoms with Gasteiger partial charge >= 0.3 is 0 Å². The lowest BCUT2D eigenvalue weighted by Gasteiger charge is -2.37. The molecule has 0 spiro atoms. The largest absolute Gasteiger partial charge is 0.472 e. The summed E-state index contributed by atoms with van der Waals surface area (Å²) in [5.74, 6) is 2.20. The molecule has 3 aliphatic rings. The summed E-state index contributed by atoms with van der Waals surface area (Å²) in [5.41, 5.74) is 0. The number of hydrogen-bond acceptors (Lipinski definition) is 5. The van der Waals surface area contributed by atoms with Gasteiger partial charge in [0, 0.05) is 43.8 Å². The van der Waals surface area contributed by atoms with Crippen molar-refractivity contribution < 1.29 is 4.74 Å². The Morgan fingerprint density at radius 2 is 1.82 bits per heavy atom. The maximum Gasteiger partial charge on any atom is 0.213 e. The monoisotopic (exact) mass is 381 g/mol. The van der Waals surface area contributed by atoms with E-state index in [1.165, 1.54) is 39.0 Å². The van der Waals surface area contributed by atoms with Crippen LogP contribution in [0.5, 0.6) is 5.88 Å². The van der Waals surface area contributed by atoms with Crippen LogP contribution in [0.2, 0.25) is 0 Å². The number of fused-ring (bicyclic) bond motifs is 1. The number of likely N-dealkylation sites (tertiary alicyclic amines) is 2. The quantitative estimate of drug-likeness (QED) is 0.815. The second-order valence-electron chi connectivity index (χ2n) is 8.86. The first kappa shape index (κ1) is 18.1. The number of hydrogen-bond donors (Lipinski definition) is 0. The fourth-order valence-electron chi connectivity index (χ4n) is 5.54. The number of pyridine rings is 1. The third-order valence-electron chi connectivity index (χ3n) is 7.09. The zero-order chi connectivity index (χ0) is 18.9. The normalized spacial score (nSPS) is 32.3. The molecule has 1 saturated carbocycles. The molecular weight excluding hydrogens is 350 g/mol. The maximum atomic E-state index is 6.40. The molecule has 0 radical (unpaired) electrons. The molecule has 2 aliphatic heterocycles. The van der Waals surface area contributed by atoms with Gasteiger partial charge in [0.05, 0.1) is 6.04 Å². The van der Waals surface area contributed by atoms with Crippen molar-refractivity contribution in [3.8, 4) is 5.88 Å². The van der Waals surface area contributed by atoms with Gasteiger partial charge in [-0.1, -0.05) is 6.07 Å². The van der Waals surface area contributed by atoms with Gasteiger partial charge in [0.25, 0.3) is 0 Å². The van der Waals surface area contributed by atoms with E-state index in [-0.39, 0.29) is 12.1 Å². The molecular formula is C22H31N5O. The van der Waals surface area contributed by atoms with Crippen molar-refractivity contribution in [1.29, 1.82) is 0 Å². The van der Waals surface area contributed by atoms with E-state index in [2.05, 4.69) is 37.8 Å². The van der Waals surface area contributed by atoms with Crippen LogP contribution in [0.1, 0.15) is 31.7 Å². The number of rotatable bonds is 4. The summed E-state index contributed by atoms with van der Waals surface area (Å²) >= 11 is 0. The van der Waals surface area contributed by atoms with E-state index in [0.29, 0.717) is 0 Å². The van der Waals surface area contributed by atoms with Crippen molar-refractivity contribution in [2.24, 2.45) is 11.8 Å². The van der Waals surface area contributed by atoms with Gasteiger partial charge in [-0.3, -0.25) is 9.58 Å². The minimum Gasteiger partial charge on any atom is -0.472 e. The van der Waals surface area contributed by atoms with Crippen molar-refractivity contribution >= 4 is 0 Å². The molecule has 0 amide bonds. The van der Waals surface area contributed by atoms with Gasteiger partial charge in [0.2, 0.25) is 5.88 Å². The van der Waals surface area contributed by atoms with Crippen molar-refractivity contribution in [3.05, 3.63) is 42.9 Å². The highest BCUT2D eigenvalue weighted by Crippen LogP contribution is 2.43. The van der Waals surface area contributed by atoms with E-state index in [4.69, 9.17) is 4.74 Å². The van der Waals surface area contributed by atoms with E-state index >= 15 is 0 Å². The smallest absolute Gasteiger partial charge is 0.213 e. The predicted molar refractivity (Wildman–Crippen MR) is 108 cm³/mol. The molecule has 3 fully saturated rings. The van der Waals surface area contributed by atoms with Gasteiger partial charge < -0.3 is 9.64 Å². The first-order valence-corrected chi connectivity index (χ1v) is 10.8. The lowest BCUT2D eigenvalue weighted by Crippen LogP contribution is -2.42. The predicted octanol–water partition coefficient (Wildman–Crippen LogP) is 2.70. The first-order valence-electron chi connectivity index (χ1n) is 10.8. The molecule has 0 N–H and O–H groups in total. The van der Waals surface area contributed by atoms with Crippen molar-refractivity contribution in [1.82, 2.24) is 24.6 Å². The molecule has 2 aromatic rings. The SMILES string of the molecule is CN1CCC(N2C[C@H]3C[C@H](Oc4ccccn4)[C@@H](n4cccn4)C[C@H]3C2)CC1. The molecule has 4 atom stereocenters. The molecule has 1 aliphatic carbocycles. The van der Waals surface area contributed by atoms with Crippen LogP contribution in [-0.4, -0.2) is 69.9 Å². The standard InChI is InChI=1S/C22H31N5O/c1-25-11-6-19(7-12-25)26-15-17-13-20(27-10-4-9-24-27)21(14-18(17)16-26)28-22-5-2-3-8-23-22/h2-5,8-10,17-21H,6-7,11-16H2,1H3/t17-,18+,20-,21-/m0/s1. The zero-order valence-electron chi connectivity index (χ0n) is 16.7.